The molecule has 0 aliphatic heterocycles. The highest BCUT2D eigenvalue weighted by Gasteiger charge is 2.21. The predicted octanol–water partition coefficient (Wildman–Crippen LogP) is 6.54. The molecule has 0 bridgehead atoms. The van der Waals surface area contributed by atoms with E-state index >= 15 is 0 Å². The zero-order valence-electron chi connectivity index (χ0n) is 20.3. The molecule has 0 fully saturated rings. The van der Waals surface area contributed by atoms with Crippen LogP contribution in [-0.4, -0.2) is 37.2 Å². The normalized spacial score (nSPS) is 12.0. The second kappa shape index (κ2) is 13.0. The lowest BCUT2D eigenvalue weighted by molar-refractivity contribution is -0.120. The monoisotopic (exact) mass is 724 g/mol. The fourth-order valence-corrected chi connectivity index (χ4v) is 5.84. The first-order valence-corrected chi connectivity index (χ1v) is 14.5. The summed E-state index contributed by atoms with van der Waals surface area (Å²) in [7, 11) is 0. The van der Waals surface area contributed by atoms with Crippen molar-refractivity contribution < 1.29 is 9.90 Å². The molecule has 3 aromatic carbocycles. The van der Waals surface area contributed by atoms with Crippen molar-refractivity contribution in [1.82, 2.24) is 20.2 Å². The molecule has 0 radical (unpaired) electrons. The quantitative estimate of drug-likeness (QED) is 0.0784. The average Bonchev–Trinajstić information content (AvgIpc) is 3.28. The van der Waals surface area contributed by atoms with Crippen LogP contribution in [0.25, 0.3) is 5.69 Å². The Balaban J connectivity index is 1.49. The summed E-state index contributed by atoms with van der Waals surface area (Å²) >= 11 is 12.8. The number of thioether (sulfide) groups is 1. The number of phenols is 1. The molecule has 1 amide bonds. The number of aromatic hydroxyl groups is 1. The van der Waals surface area contributed by atoms with Gasteiger partial charge in [-0.2, -0.15) is 5.10 Å². The van der Waals surface area contributed by atoms with Crippen LogP contribution in [0.2, 0.25) is 5.02 Å². The third kappa shape index (κ3) is 7.07. The molecule has 1 atom stereocenters. The number of rotatable bonds is 9. The van der Waals surface area contributed by atoms with Crippen LogP contribution in [0.3, 0.4) is 0 Å². The third-order valence-electron chi connectivity index (χ3n) is 5.43. The Morgan fingerprint density at radius 2 is 2.00 bits per heavy atom. The van der Waals surface area contributed by atoms with E-state index in [-0.39, 0.29) is 11.7 Å². The summed E-state index contributed by atoms with van der Waals surface area (Å²) in [6.45, 7) is 4.27. The molecular formula is C26H23BrClIN6O2S. The van der Waals surface area contributed by atoms with E-state index in [9.17, 15) is 9.90 Å². The van der Waals surface area contributed by atoms with E-state index in [1.807, 2.05) is 41.0 Å². The fourth-order valence-electron chi connectivity index (χ4n) is 3.48. The predicted molar refractivity (Wildman–Crippen MR) is 164 cm³/mol. The number of amides is 1. The van der Waals surface area contributed by atoms with E-state index in [0.717, 1.165) is 16.9 Å². The summed E-state index contributed by atoms with van der Waals surface area (Å²) in [5.74, 6) is 0.361. The highest BCUT2D eigenvalue weighted by Crippen LogP contribution is 2.30. The van der Waals surface area contributed by atoms with Gasteiger partial charge in [0.05, 0.1) is 22.5 Å². The number of halogens is 3. The first-order valence-electron chi connectivity index (χ1n) is 11.4. The van der Waals surface area contributed by atoms with Gasteiger partial charge in [0.1, 0.15) is 5.75 Å². The maximum absolute atomic E-state index is 12.8. The van der Waals surface area contributed by atoms with Gasteiger partial charge in [0, 0.05) is 25.5 Å². The number of nitrogens with zero attached hydrogens (tertiary/aromatic N) is 4. The molecule has 4 aromatic rings. The van der Waals surface area contributed by atoms with Crippen molar-refractivity contribution in [1.29, 1.82) is 0 Å². The molecule has 38 heavy (non-hydrogen) atoms. The highest BCUT2D eigenvalue weighted by molar-refractivity contribution is 14.1. The van der Waals surface area contributed by atoms with Crippen molar-refractivity contribution in [3.8, 4) is 11.4 Å². The largest absolute Gasteiger partial charge is 0.506 e. The van der Waals surface area contributed by atoms with E-state index in [2.05, 4.69) is 83.6 Å². The number of phenolic OH excluding ortho intramolecular Hbond substituents is 1. The number of aryl methyl sites for hydroxylation is 1. The molecule has 1 unspecified atom stereocenters. The van der Waals surface area contributed by atoms with Crippen LogP contribution in [0.15, 0.2) is 75.4 Å². The van der Waals surface area contributed by atoms with E-state index in [4.69, 9.17) is 11.6 Å². The van der Waals surface area contributed by atoms with Crippen molar-refractivity contribution in [3.05, 3.63) is 90.7 Å². The number of carbonyl (C=O) groups excluding carboxylic acids is 1. The summed E-state index contributed by atoms with van der Waals surface area (Å²) in [4.78, 5) is 12.8. The SMILES string of the molecule is Cc1cc(I)ccc1NCc1nnc(SC(C)C(=O)NN=Cc2cc(Cl)cc(Br)c2O)n1-c1ccccc1. The molecular weight excluding hydrogens is 703 g/mol. The first kappa shape index (κ1) is 28.4. The minimum absolute atomic E-state index is 0.0210. The topological polar surface area (TPSA) is 104 Å². The van der Waals surface area contributed by atoms with Gasteiger partial charge in [-0.25, -0.2) is 5.43 Å². The van der Waals surface area contributed by atoms with E-state index in [1.165, 1.54) is 21.5 Å². The van der Waals surface area contributed by atoms with Gasteiger partial charge in [0.15, 0.2) is 11.0 Å². The number of hydrogen-bond acceptors (Lipinski definition) is 7. The molecule has 4 rings (SSSR count). The molecule has 3 N–H and O–H groups in total. The lowest BCUT2D eigenvalue weighted by Gasteiger charge is -2.14. The number of nitrogens with one attached hydrogen (secondary N) is 2. The zero-order valence-corrected chi connectivity index (χ0v) is 25.6. The lowest BCUT2D eigenvalue weighted by Crippen LogP contribution is -2.27. The molecule has 0 aliphatic rings. The minimum Gasteiger partial charge on any atom is -0.506 e. The van der Waals surface area contributed by atoms with Gasteiger partial charge in [-0.3, -0.25) is 9.36 Å². The van der Waals surface area contributed by atoms with E-state index < -0.39 is 5.25 Å². The van der Waals surface area contributed by atoms with Crippen LogP contribution in [0.4, 0.5) is 5.69 Å². The molecule has 0 aliphatic carbocycles. The van der Waals surface area contributed by atoms with Crippen molar-refractivity contribution in [2.24, 2.45) is 5.10 Å². The smallest absolute Gasteiger partial charge is 0.253 e. The van der Waals surface area contributed by atoms with Gasteiger partial charge in [0.25, 0.3) is 5.91 Å². The van der Waals surface area contributed by atoms with Gasteiger partial charge in [-0.05, 0) is 100 Å². The number of hydrogen-bond donors (Lipinski definition) is 3. The van der Waals surface area contributed by atoms with Gasteiger partial charge >= 0.3 is 0 Å². The maximum atomic E-state index is 12.8. The standard InChI is InChI=1S/C26H23BrClIN6O2S/c1-15-10-19(29)8-9-22(15)30-14-23-32-34-26(35(23)20-6-4-3-5-7-20)38-16(2)25(37)33-31-13-17-11-18(28)12-21(27)24(17)36/h3-13,16,30,36H,14H2,1-2H3,(H,33,37). The molecule has 12 heteroatoms. The molecule has 0 saturated carbocycles. The van der Waals surface area contributed by atoms with Gasteiger partial charge < -0.3 is 10.4 Å². The summed E-state index contributed by atoms with van der Waals surface area (Å²) < 4.78 is 3.55. The van der Waals surface area contributed by atoms with Gasteiger partial charge in [-0.1, -0.05) is 41.6 Å². The average molecular weight is 726 g/mol. The fraction of sp³-hybridized carbons (Fsp3) is 0.154. The van der Waals surface area contributed by atoms with E-state index in [0.29, 0.717) is 32.6 Å². The molecule has 196 valence electrons. The summed E-state index contributed by atoms with van der Waals surface area (Å²) in [5, 5.41) is 26.8. The zero-order chi connectivity index (χ0) is 27.2. The summed E-state index contributed by atoms with van der Waals surface area (Å²) in [5.41, 5.74) is 5.93. The Hall–Kier alpha value is -2.61. The molecule has 1 aromatic heterocycles. The van der Waals surface area contributed by atoms with Crippen molar-refractivity contribution in [2.45, 2.75) is 30.8 Å². The van der Waals surface area contributed by atoms with Crippen molar-refractivity contribution in [3.63, 3.8) is 0 Å². The number of hydrazone groups is 1. The lowest BCUT2D eigenvalue weighted by atomic mass is 10.2. The van der Waals surface area contributed by atoms with E-state index in [1.54, 1.807) is 19.1 Å². The highest BCUT2D eigenvalue weighted by atomic mass is 127. The molecule has 8 nitrogen and oxygen atoms in total. The Labute approximate surface area is 251 Å². The van der Waals surface area contributed by atoms with Crippen LogP contribution >= 0.6 is 61.9 Å². The first-order chi connectivity index (χ1) is 18.2. The van der Waals surface area contributed by atoms with Gasteiger partial charge in [-0.15, -0.1) is 10.2 Å². The number of para-hydroxylation sites is 1. The second-order valence-electron chi connectivity index (χ2n) is 8.20. The summed E-state index contributed by atoms with van der Waals surface area (Å²) in [6, 6.07) is 19.1. The number of carbonyl (C=O) groups is 1. The Morgan fingerprint density at radius 3 is 2.74 bits per heavy atom. The maximum Gasteiger partial charge on any atom is 0.253 e. The Bertz CT molecular complexity index is 1480. The Kier molecular flexibility index (Phi) is 9.69. The van der Waals surface area contributed by atoms with Crippen LogP contribution in [-0.2, 0) is 11.3 Å². The van der Waals surface area contributed by atoms with Crippen LogP contribution in [0.5, 0.6) is 5.75 Å². The number of benzene rings is 3. The van der Waals surface area contributed by atoms with Crippen LogP contribution in [0.1, 0.15) is 23.9 Å². The van der Waals surface area contributed by atoms with Crippen LogP contribution in [0, 0.1) is 10.5 Å². The van der Waals surface area contributed by atoms with Crippen molar-refractivity contribution >= 4 is 79.7 Å². The number of anilines is 1. The minimum atomic E-state index is -0.530. The third-order valence-corrected chi connectivity index (χ3v) is 7.96. The Morgan fingerprint density at radius 1 is 1.24 bits per heavy atom. The van der Waals surface area contributed by atoms with Gasteiger partial charge in [0.2, 0.25) is 0 Å². The van der Waals surface area contributed by atoms with Crippen molar-refractivity contribution in [2.75, 3.05) is 5.32 Å². The molecule has 0 saturated heterocycles. The summed E-state index contributed by atoms with van der Waals surface area (Å²) in [6.07, 6.45) is 1.34. The van der Waals surface area contributed by atoms with Crippen LogP contribution < -0.4 is 10.7 Å². The number of aromatic nitrogens is 3. The molecule has 0 spiro atoms. The second-order valence-corrected chi connectivity index (χ2v) is 12.0. The molecule has 1 heterocycles.